The lowest BCUT2D eigenvalue weighted by Crippen LogP contribution is -2.13. The molecule has 0 atom stereocenters. The summed E-state index contributed by atoms with van der Waals surface area (Å²) >= 11 is 5.36. The Morgan fingerprint density at radius 2 is 2.13 bits per heavy atom. The van der Waals surface area contributed by atoms with Crippen LogP contribution in [0.25, 0.3) is 0 Å². The summed E-state index contributed by atoms with van der Waals surface area (Å²) in [5, 5.41) is 8.89. The van der Waals surface area contributed by atoms with Gasteiger partial charge in [-0.25, -0.2) is 13.8 Å². The van der Waals surface area contributed by atoms with Crippen molar-refractivity contribution >= 4 is 23.1 Å². The minimum atomic E-state index is -1.14. The van der Waals surface area contributed by atoms with E-state index in [1.54, 1.807) is 0 Å². The van der Waals surface area contributed by atoms with Gasteiger partial charge in [0.15, 0.2) is 11.6 Å². The predicted molar refractivity (Wildman–Crippen MR) is 54.3 cm³/mol. The first kappa shape index (κ1) is 11.9. The van der Waals surface area contributed by atoms with Crippen LogP contribution >= 0.6 is 11.6 Å². The third-order valence-corrected chi connectivity index (χ3v) is 1.99. The Morgan fingerprint density at radius 1 is 1.47 bits per heavy atom. The van der Waals surface area contributed by atoms with Crippen molar-refractivity contribution in [1.29, 1.82) is 0 Å². The molecule has 3 N–H and O–H groups in total. The molecule has 6 heteroatoms. The van der Waals surface area contributed by atoms with Gasteiger partial charge < -0.3 is 10.8 Å². The highest BCUT2D eigenvalue weighted by Crippen LogP contribution is 2.25. The SMILES string of the molecule is NC(CCl)=Nc1c(CO)ccc(F)c1F. The molecule has 0 unspecified atom stereocenters. The first-order chi connectivity index (χ1) is 7.10. The summed E-state index contributed by atoms with van der Waals surface area (Å²) in [7, 11) is 0. The van der Waals surface area contributed by atoms with Crippen LogP contribution in [-0.4, -0.2) is 16.8 Å². The number of hydrogen-bond acceptors (Lipinski definition) is 2. The molecule has 1 aromatic rings. The molecule has 0 aromatic heterocycles. The van der Waals surface area contributed by atoms with E-state index in [-0.39, 0.29) is 23.0 Å². The molecular formula is C9H9ClF2N2O. The standard InChI is InChI=1S/C9H9ClF2N2O/c10-3-7(13)14-9-5(4-15)1-2-6(11)8(9)12/h1-2,15H,3-4H2,(H2,13,14). The normalized spacial score (nSPS) is 11.9. The zero-order valence-corrected chi connectivity index (χ0v) is 8.43. The number of benzene rings is 1. The molecule has 0 aliphatic heterocycles. The van der Waals surface area contributed by atoms with Crippen LogP contribution in [0.5, 0.6) is 0 Å². The van der Waals surface area contributed by atoms with E-state index in [1.807, 2.05) is 0 Å². The zero-order chi connectivity index (χ0) is 11.4. The van der Waals surface area contributed by atoms with Gasteiger partial charge in [0.1, 0.15) is 11.5 Å². The van der Waals surface area contributed by atoms with Crippen LogP contribution in [0.15, 0.2) is 17.1 Å². The van der Waals surface area contributed by atoms with Gasteiger partial charge in [-0.05, 0) is 6.07 Å². The number of aliphatic imine (C=N–C) groups is 1. The van der Waals surface area contributed by atoms with Gasteiger partial charge in [0.25, 0.3) is 0 Å². The van der Waals surface area contributed by atoms with Crippen LogP contribution in [0.3, 0.4) is 0 Å². The highest BCUT2D eigenvalue weighted by atomic mass is 35.5. The van der Waals surface area contributed by atoms with E-state index in [1.165, 1.54) is 6.07 Å². The Kier molecular flexibility index (Phi) is 3.99. The average Bonchev–Trinajstić information content (AvgIpc) is 2.25. The Bertz CT molecular complexity index is 396. The predicted octanol–water partition coefficient (Wildman–Crippen LogP) is 1.68. The van der Waals surface area contributed by atoms with Gasteiger partial charge in [0, 0.05) is 5.56 Å². The van der Waals surface area contributed by atoms with Crippen molar-refractivity contribution in [2.45, 2.75) is 6.61 Å². The van der Waals surface area contributed by atoms with Crippen LogP contribution in [0.1, 0.15) is 5.56 Å². The van der Waals surface area contributed by atoms with Crippen molar-refractivity contribution in [3.8, 4) is 0 Å². The molecule has 0 spiro atoms. The van der Waals surface area contributed by atoms with Crippen molar-refractivity contribution in [3.05, 3.63) is 29.3 Å². The van der Waals surface area contributed by atoms with Gasteiger partial charge in [0.2, 0.25) is 0 Å². The molecule has 3 nitrogen and oxygen atoms in total. The number of alkyl halides is 1. The highest BCUT2D eigenvalue weighted by molar-refractivity contribution is 6.28. The Labute approximate surface area is 90.2 Å². The molecule has 82 valence electrons. The number of hydrogen-bond donors (Lipinski definition) is 2. The number of nitrogens with zero attached hydrogens (tertiary/aromatic N) is 1. The molecule has 0 saturated heterocycles. The van der Waals surface area contributed by atoms with Crippen LogP contribution in [0, 0.1) is 11.6 Å². The third-order valence-electron chi connectivity index (χ3n) is 1.72. The topological polar surface area (TPSA) is 58.6 Å². The summed E-state index contributed by atoms with van der Waals surface area (Å²) < 4.78 is 26.1. The minimum absolute atomic E-state index is 0.0455. The van der Waals surface area contributed by atoms with Gasteiger partial charge in [0.05, 0.1) is 12.5 Å². The molecule has 0 bridgehead atoms. The van der Waals surface area contributed by atoms with E-state index in [2.05, 4.69) is 4.99 Å². The van der Waals surface area contributed by atoms with Gasteiger partial charge >= 0.3 is 0 Å². The Morgan fingerprint density at radius 3 is 2.67 bits per heavy atom. The van der Waals surface area contributed by atoms with Gasteiger partial charge in [-0.1, -0.05) is 6.07 Å². The molecule has 0 saturated carbocycles. The second-order valence-electron chi connectivity index (χ2n) is 2.76. The second-order valence-corrected chi connectivity index (χ2v) is 3.03. The molecular weight excluding hydrogens is 226 g/mol. The molecule has 1 aromatic carbocycles. The van der Waals surface area contributed by atoms with Crippen LogP contribution in [0.2, 0.25) is 0 Å². The fourth-order valence-corrected chi connectivity index (χ4v) is 1.06. The quantitative estimate of drug-likeness (QED) is 0.475. The summed E-state index contributed by atoms with van der Waals surface area (Å²) in [6.45, 7) is -0.453. The molecule has 0 aliphatic carbocycles. The van der Waals surface area contributed by atoms with E-state index >= 15 is 0 Å². The number of rotatable bonds is 3. The van der Waals surface area contributed by atoms with E-state index < -0.39 is 18.2 Å². The first-order valence-electron chi connectivity index (χ1n) is 4.07. The number of aliphatic hydroxyl groups excluding tert-OH is 1. The monoisotopic (exact) mass is 234 g/mol. The summed E-state index contributed by atoms with van der Waals surface area (Å²) in [5.41, 5.74) is 5.14. The van der Waals surface area contributed by atoms with Crippen molar-refractivity contribution in [1.82, 2.24) is 0 Å². The number of halogens is 3. The average molecular weight is 235 g/mol. The molecule has 0 aliphatic rings. The van der Waals surface area contributed by atoms with Crippen molar-refractivity contribution in [2.24, 2.45) is 10.7 Å². The highest BCUT2D eigenvalue weighted by Gasteiger charge is 2.12. The molecule has 0 heterocycles. The molecule has 0 radical (unpaired) electrons. The summed E-state index contributed by atoms with van der Waals surface area (Å²) in [4.78, 5) is 3.60. The van der Waals surface area contributed by atoms with Crippen molar-refractivity contribution in [2.75, 3.05) is 5.88 Å². The van der Waals surface area contributed by atoms with E-state index in [0.717, 1.165) is 6.07 Å². The van der Waals surface area contributed by atoms with E-state index in [4.69, 9.17) is 22.4 Å². The molecule has 15 heavy (non-hydrogen) atoms. The lowest BCUT2D eigenvalue weighted by Gasteiger charge is -2.05. The summed E-state index contributed by atoms with van der Waals surface area (Å²) in [5.74, 6) is -2.33. The lowest BCUT2D eigenvalue weighted by molar-refractivity contribution is 0.281. The van der Waals surface area contributed by atoms with E-state index in [9.17, 15) is 8.78 Å². The lowest BCUT2D eigenvalue weighted by atomic mass is 10.2. The molecule has 1 rings (SSSR count). The maximum atomic E-state index is 13.3. The van der Waals surface area contributed by atoms with E-state index in [0.29, 0.717) is 0 Å². The summed E-state index contributed by atoms with van der Waals surface area (Å²) in [6, 6.07) is 2.15. The zero-order valence-electron chi connectivity index (χ0n) is 7.67. The minimum Gasteiger partial charge on any atom is -0.392 e. The van der Waals surface area contributed by atoms with Crippen LogP contribution in [-0.2, 0) is 6.61 Å². The maximum absolute atomic E-state index is 13.3. The molecule has 0 amide bonds. The Hall–Kier alpha value is -1.20. The number of nitrogens with two attached hydrogens (primary N) is 1. The van der Waals surface area contributed by atoms with Crippen LogP contribution < -0.4 is 5.73 Å². The van der Waals surface area contributed by atoms with Gasteiger partial charge in [-0.3, -0.25) is 0 Å². The fourth-order valence-electron chi connectivity index (χ4n) is 1.00. The first-order valence-corrected chi connectivity index (χ1v) is 4.60. The number of amidine groups is 1. The fraction of sp³-hybridized carbons (Fsp3) is 0.222. The smallest absolute Gasteiger partial charge is 0.184 e. The van der Waals surface area contributed by atoms with Gasteiger partial charge in [-0.2, -0.15) is 0 Å². The van der Waals surface area contributed by atoms with Gasteiger partial charge in [-0.15, -0.1) is 11.6 Å². The Balaban J connectivity index is 3.30. The number of aliphatic hydroxyl groups is 1. The molecule has 0 fully saturated rings. The summed E-state index contributed by atoms with van der Waals surface area (Å²) in [6.07, 6.45) is 0. The van der Waals surface area contributed by atoms with Crippen LogP contribution in [0.4, 0.5) is 14.5 Å². The maximum Gasteiger partial charge on any atom is 0.184 e. The van der Waals surface area contributed by atoms with Crippen molar-refractivity contribution in [3.63, 3.8) is 0 Å². The van der Waals surface area contributed by atoms with Crippen molar-refractivity contribution < 1.29 is 13.9 Å². The third kappa shape index (κ3) is 2.64. The second kappa shape index (κ2) is 5.04. The largest absolute Gasteiger partial charge is 0.392 e.